The highest BCUT2D eigenvalue weighted by Gasteiger charge is 2.26. The van der Waals surface area contributed by atoms with Gasteiger partial charge in [-0.3, -0.25) is 0 Å². The molecule has 120 valence electrons. The Morgan fingerprint density at radius 1 is 1.14 bits per heavy atom. The minimum absolute atomic E-state index is 0.0620. The first kappa shape index (κ1) is 18.4. The summed E-state index contributed by atoms with van der Waals surface area (Å²) in [4.78, 5) is 0.0620. The fourth-order valence-corrected chi connectivity index (χ4v) is 4.88. The third-order valence-corrected chi connectivity index (χ3v) is 7.05. The van der Waals surface area contributed by atoms with Crippen LogP contribution in [0.1, 0.15) is 27.7 Å². The average molecular weight is 335 g/mol. The van der Waals surface area contributed by atoms with Gasteiger partial charge in [0.2, 0.25) is 8.87 Å². The van der Waals surface area contributed by atoms with Crippen LogP contribution in [0.25, 0.3) is 0 Å². The van der Waals surface area contributed by atoms with Gasteiger partial charge < -0.3 is 9.85 Å². The molecule has 0 heterocycles. The monoisotopic (exact) mass is 335 g/mol. The molecule has 0 bridgehead atoms. The molecule has 0 radical (unpaired) electrons. The summed E-state index contributed by atoms with van der Waals surface area (Å²) in [6.07, 6.45) is 0. The van der Waals surface area contributed by atoms with E-state index in [1.807, 2.05) is 27.7 Å². The van der Waals surface area contributed by atoms with Crippen molar-refractivity contribution in [3.8, 4) is 0 Å². The van der Waals surface area contributed by atoms with Gasteiger partial charge in [0.1, 0.15) is 5.82 Å². The molecule has 0 aliphatic heterocycles. The van der Waals surface area contributed by atoms with Gasteiger partial charge in [0.15, 0.2) is 0 Å². The molecule has 0 aromatic heterocycles. The molecule has 7 heteroatoms. The highest BCUT2D eigenvalue weighted by atomic mass is 33.1. The predicted octanol–water partition coefficient (Wildman–Crippen LogP) is 3.38. The van der Waals surface area contributed by atoms with E-state index in [0.717, 1.165) is 22.9 Å². The lowest BCUT2D eigenvalue weighted by Crippen LogP contribution is -2.54. The molecule has 0 aliphatic carbocycles. The third kappa shape index (κ3) is 4.67. The summed E-state index contributed by atoms with van der Waals surface area (Å²) in [6.45, 7) is 7.58. The van der Waals surface area contributed by atoms with Crippen LogP contribution in [0, 0.1) is 11.0 Å². The molecule has 0 saturated heterocycles. The SMILES string of the molecule is CC(C)[N+]([O-])(CCSS(=O)(=O)c1ccc(F)cc1)C(C)C. The van der Waals surface area contributed by atoms with Gasteiger partial charge >= 0.3 is 0 Å². The van der Waals surface area contributed by atoms with Crippen molar-refractivity contribution in [2.45, 2.75) is 44.7 Å². The van der Waals surface area contributed by atoms with E-state index in [1.54, 1.807) is 0 Å². The van der Waals surface area contributed by atoms with E-state index in [9.17, 15) is 18.0 Å². The van der Waals surface area contributed by atoms with Gasteiger partial charge in [-0.2, -0.15) is 0 Å². The lowest BCUT2D eigenvalue weighted by Gasteiger charge is -2.50. The van der Waals surface area contributed by atoms with E-state index < -0.39 is 19.3 Å². The highest BCUT2D eigenvalue weighted by Crippen LogP contribution is 2.26. The molecule has 0 spiro atoms. The molecular weight excluding hydrogens is 313 g/mol. The normalized spacial score (nSPS) is 13.1. The lowest BCUT2D eigenvalue weighted by atomic mass is 10.2. The van der Waals surface area contributed by atoms with Crippen LogP contribution in [-0.2, 0) is 8.87 Å². The largest absolute Gasteiger partial charge is 0.632 e. The molecule has 1 aromatic rings. The van der Waals surface area contributed by atoms with Gasteiger partial charge in [-0.15, -0.1) is 0 Å². The predicted molar refractivity (Wildman–Crippen MR) is 84.8 cm³/mol. The zero-order valence-corrected chi connectivity index (χ0v) is 14.4. The van der Waals surface area contributed by atoms with Crippen LogP contribution in [-0.4, -0.2) is 37.4 Å². The van der Waals surface area contributed by atoms with Crippen molar-refractivity contribution in [3.05, 3.63) is 35.3 Å². The Morgan fingerprint density at radius 2 is 1.62 bits per heavy atom. The fraction of sp³-hybridized carbons (Fsp3) is 0.571. The molecule has 0 saturated carbocycles. The van der Waals surface area contributed by atoms with Crippen LogP contribution in [0.2, 0.25) is 0 Å². The second kappa shape index (κ2) is 7.09. The summed E-state index contributed by atoms with van der Waals surface area (Å²) in [5.74, 6) is -0.270. The van der Waals surface area contributed by atoms with Crippen molar-refractivity contribution in [3.63, 3.8) is 0 Å². The molecule has 0 unspecified atom stereocenters. The Hall–Kier alpha value is -0.630. The maximum absolute atomic E-state index is 12.8. The smallest absolute Gasteiger partial charge is 0.230 e. The van der Waals surface area contributed by atoms with E-state index in [-0.39, 0.29) is 29.3 Å². The molecule has 0 N–H and O–H groups in total. The van der Waals surface area contributed by atoms with Crippen molar-refractivity contribution in [2.75, 3.05) is 12.3 Å². The maximum atomic E-state index is 12.8. The molecule has 0 aliphatic rings. The molecule has 0 fully saturated rings. The zero-order chi connectivity index (χ0) is 16.3. The van der Waals surface area contributed by atoms with Gasteiger partial charge in [0.25, 0.3) is 0 Å². The topological polar surface area (TPSA) is 57.2 Å². The Kier molecular flexibility index (Phi) is 6.22. The molecule has 1 rings (SSSR count). The summed E-state index contributed by atoms with van der Waals surface area (Å²) >= 11 is 0. The van der Waals surface area contributed by atoms with Gasteiger partial charge in [-0.25, -0.2) is 12.8 Å². The quantitative estimate of drug-likeness (QED) is 0.435. The number of hydrogen-bond donors (Lipinski definition) is 0. The summed E-state index contributed by atoms with van der Waals surface area (Å²) < 4.78 is 36.6. The van der Waals surface area contributed by atoms with Crippen molar-refractivity contribution < 1.29 is 17.5 Å². The van der Waals surface area contributed by atoms with E-state index >= 15 is 0 Å². The third-order valence-electron chi connectivity index (χ3n) is 3.53. The number of hydroxylamine groups is 3. The van der Waals surface area contributed by atoms with E-state index in [0.29, 0.717) is 0 Å². The van der Waals surface area contributed by atoms with E-state index in [2.05, 4.69) is 0 Å². The van der Waals surface area contributed by atoms with E-state index in [1.165, 1.54) is 12.1 Å². The molecular formula is C14H22FNO3S2. The van der Waals surface area contributed by atoms with Crippen molar-refractivity contribution in [1.29, 1.82) is 0 Å². The first-order valence-corrected chi connectivity index (χ1v) is 9.81. The molecule has 1 aromatic carbocycles. The first-order chi connectivity index (χ1) is 9.59. The molecule has 0 atom stereocenters. The first-order valence-electron chi connectivity index (χ1n) is 6.83. The number of halogens is 1. The van der Waals surface area contributed by atoms with Crippen LogP contribution < -0.4 is 0 Å². The summed E-state index contributed by atoms with van der Waals surface area (Å²) in [6, 6.07) is 4.45. The Balaban J connectivity index is 2.72. The van der Waals surface area contributed by atoms with Crippen molar-refractivity contribution in [1.82, 2.24) is 0 Å². The summed E-state index contributed by atoms with van der Waals surface area (Å²) in [5, 5.41) is 12.6. The van der Waals surface area contributed by atoms with Crippen LogP contribution >= 0.6 is 10.8 Å². The number of benzene rings is 1. The Bertz CT molecular complexity index is 548. The standard InChI is InChI=1S/C14H22FNO3S2/c1-11(2)16(17,12(3)4)9-10-20-21(18,19)14-7-5-13(15)6-8-14/h5-8,11-12H,9-10H2,1-4H3. The van der Waals surface area contributed by atoms with E-state index in [4.69, 9.17) is 0 Å². The number of nitrogens with zero attached hydrogens (tertiary/aromatic N) is 1. The second-order valence-electron chi connectivity index (χ2n) is 5.50. The van der Waals surface area contributed by atoms with Crippen LogP contribution in [0.4, 0.5) is 4.39 Å². The highest BCUT2D eigenvalue weighted by molar-refractivity contribution is 8.72. The zero-order valence-electron chi connectivity index (χ0n) is 12.7. The van der Waals surface area contributed by atoms with Crippen LogP contribution in [0.3, 0.4) is 0 Å². The Labute approximate surface area is 129 Å². The molecule has 4 nitrogen and oxygen atoms in total. The van der Waals surface area contributed by atoms with Crippen molar-refractivity contribution >= 4 is 19.7 Å². The number of hydrogen-bond acceptors (Lipinski definition) is 4. The van der Waals surface area contributed by atoms with Gasteiger partial charge in [0, 0.05) is 0 Å². The number of rotatable bonds is 7. The average Bonchev–Trinajstić information content (AvgIpc) is 2.38. The molecule has 0 amide bonds. The van der Waals surface area contributed by atoms with Crippen LogP contribution in [0.15, 0.2) is 29.2 Å². The van der Waals surface area contributed by atoms with Gasteiger partial charge in [-0.05, 0) is 62.8 Å². The fourth-order valence-electron chi connectivity index (χ4n) is 2.07. The van der Waals surface area contributed by atoms with Gasteiger partial charge in [0.05, 0.1) is 29.3 Å². The summed E-state index contributed by atoms with van der Waals surface area (Å²) in [5.41, 5.74) is 0. The lowest BCUT2D eigenvalue weighted by molar-refractivity contribution is -0.919. The van der Waals surface area contributed by atoms with Gasteiger partial charge in [-0.1, -0.05) is 0 Å². The molecule has 21 heavy (non-hydrogen) atoms. The van der Waals surface area contributed by atoms with Crippen LogP contribution in [0.5, 0.6) is 0 Å². The summed E-state index contributed by atoms with van der Waals surface area (Å²) in [7, 11) is -2.82. The Morgan fingerprint density at radius 3 is 2.05 bits per heavy atom. The maximum Gasteiger partial charge on any atom is 0.230 e. The minimum atomic E-state index is -3.55. The van der Waals surface area contributed by atoms with Crippen molar-refractivity contribution in [2.24, 2.45) is 0 Å². The minimum Gasteiger partial charge on any atom is -0.632 e. The number of quaternary nitrogens is 1. The second-order valence-corrected chi connectivity index (χ2v) is 9.54.